The maximum Gasteiger partial charge on any atom is 0.0708 e. The molecule has 0 atom stereocenters. The van der Waals surface area contributed by atoms with Crippen molar-refractivity contribution < 1.29 is 4.84 Å². The molecule has 0 radical (unpaired) electrons. The lowest BCUT2D eigenvalue weighted by atomic mass is 10.3. The maximum absolute atomic E-state index is 4.71. The standard InChI is InChI=1S/C7H8Br2N2O/c1-12-11-4-7-6(9)2-5(8)3-10-7/h2-3,11H,4H2,1H3. The van der Waals surface area contributed by atoms with Gasteiger partial charge in [0, 0.05) is 15.1 Å². The molecule has 12 heavy (non-hydrogen) atoms. The molecule has 0 aliphatic rings. The zero-order valence-electron chi connectivity index (χ0n) is 6.47. The summed E-state index contributed by atoms with van der Waals surface area (Å²) in [6.07, 6.45) is 1.75. The van der Waals surface area contributed by atoms with Gasteiger partial charge in [-0.3, -0.25) is 4.98 Å². The molecule has 0 amide bonds. The van der Waals surface area contributed by atoms with Gasteiger partial charge in [0.2, 0.25) is 0 Å². The van der Waals surface area contributed by atoms with Gasteiger partial charge in [-0.15, -0.1) is 0 Å². The van der Waals surface area contributed by atoms with Crippen LogP contribution in [0.4, 0.5) is 0 Å². The molecule has 0 aromatic carbocycles. The highest BCUT2D eigenvalue weighted by atomic mass is 79.9. The van der Waals surface area contributed by atoms with E-state index in [0.29, 0.717) is 6.54 Å². The molecule has 1 rings (SSSR count). The third kappa shape index (κ3) is 2.82. The van der Waals surface area contributed by atoms with Gasteiger partial charge in [-0.1, -0.05) is 0 Å². The SMILES string of the molecule is CONCc1ncc(Br)cc1Br. The van der Waals surface area contributed by atoms with Gasteiger partial charge in [0.05, 0.1) is 19.3 Å². The van der Waals surface area contributed by atoms with Gasteiger partial charge in [-0.2, -0.15) is 5.48 Å². The van der Waals surface area contributed by atoms with Crippen molar-refractivity contribution in [2.45, 2.75) is 6.54 Å². The average Bonchev–Trinajstić information content (AvgIpc) is 2.03. The number of halogens is 2. The van der Waals surface area contributed by atoms with Crippen LogP contribution in [0.2, 0.25) is 0 Å². The first-order valence-corrected chi connectivity index (χ1v) is 4.88. The summed E-state index contributed by atoms with van der Waals surface area (Å²) in [4.78, 5) is 8.89. The molecule has 1 aromatic heterocycles. The highest BCUT2D eigenvalue weighted by Gasteiger charge is 2.00. The highest BCUT2D eigenvalue weighted by Crippen LogP contribution is 2.19. The lowest BCUT2D eigenvalue weighted by Gasteiger charge is -2.03. The van der Waals surface area contributed by atoms with Crippen LogP contribution in [0, 0.1) is 0 Å². The summed E-state index contributed by atoms with van der Waals surface area (Å²) in [5, 5.41) is 0. The van der Waals surface area contributed by atoms with E-state index in [0.717, 1.165) is 14.6 Å². The van der Waals surface area contributed by atoms with Crippen molar-refractivity contribution in [3.63, 3.8) is 0 Å². The van der Waals surface area contributed by atoms with E-state index in [1.807, 2.05) is 6.07 Å². The zero-order chi connectivity index (χ0) is 8.97. The molecular weight excluding hydrogens is 288 g/mol. The molecule has 1 heterocycles. The Hall–Kier alpha value is 0.0300. The topological polar surface area (TPSA) is 34.1 Å². The number of hydrogen-bond donors (Lipinski definition) is 1. The third-order valence-electron chi connectivity index (χ3n) is 1.27. The Morgan fingerprint density at radius 1 is 1.58 bits per heavy atom. The molecule has 0 spiro atoms. The monoisotopic (exact) mass is 294 g/mol. The summed E-state index contributed by atoms with van der Waals surface area (Å²) in [5.41, 5.74) is 3.63. The van der Waals surface area contributed by atoms with Gasteiger partial charge in [0.25, 0.3) is 0 Å². The fraction of sp³-hybridized carbons (Fsp3) is 0.286. The van der Waals surface area contributed by atoms with Crippen LogP contribution >= 0.6 is 31.9 Å². The first-order valence-electron chi connectivity index (χ1n) is 3.30. The van der Waals surface area contributed by atoms with Crippen LogP contribution in [0.5, 0.6) is 0 Å². The highest BCUT2D eigenvalue weighted by molar-refractivity contribution is 9.11. The smallest absolute Gasteiger partial charge is 0.0708 e. The summed E-state index contributed by atoms with van der Waals surface area (Å²) in [6.45, 7) is 0.588. The number of hydroxylamine groups is 1. The Labute approximate surface area is 87.7 Å². The van der Waals surface area contributed by atoms with E-state index in [2.05, 4.69) is 42.3 Å². The summed E-state index contributed by atoms with van der Waals surface area (Å²) in [7, 11) is 1.58. The van der Waals surface area contributed by atoms with Crippen molar-refractivity contribution >= 4 is 31.9 Å². The van der Waals surface area contributed by atoms with Gasteiger partial charge < -0.3 is 4.84 Å². The van der Waals surface area contributed by atoms with Crippen molar-refractivity contribution in [2.75, 3.05) is 7.11 Å². The molecule has 0 fully saturated rings. The van der Waals surface area contributed by atoms with Crippen molar-refractivity contribution in [2.24, 2.45) is 0 Å². The lowest BCUT2D eigenvalue weighted by Crippen LogP contribution is -2.12. The fourth-order valence-electron chi connectivity index (χ4n) is 0.713. The third-order valence-corrected chi connectivity index (χ3v) is 2.39. The zero-order valence-corrected chi connectivity index (χ0v) is 9.65. The van der Waals surface area contributed by atoms with Gasteiger partial charge in [-0.05, 0) is 37.9 Å². The van der Waals surface area contributed by atoms with Gasteiger partial charge in [-0.25, -0.2) is 0 Å². The molecule has 5 heteroatoms. The number of aromatic nitrogens is 1. The molecule has 3 nitrogen and oxygen atoms in total. The molecular formula is C7H8Br2N2O. The predicted octanol–water partition coefficient (Wildman–Crippen LogP) is 2.26. The molecule has 0 aliphatic heterocycles. The van der Waals surface area contributed by atoms with Crippen LogP contribution in [0.15, 0.2) is 21.2 Å². The summed E-state index contributed by atoms with van der Waals surface area (Å²) < 4.78 is 1.91. The average molecular weight is 296 g/mol. The number of hydrogen-bond acceptors (Lipinski definition) is 3. The Morgan fingerprint density at radius 3 is 2.92 bits per heavy atom. The van der Waals surface area contributed by atoms with Crippen LogP contribution in [-0.2, 0) is 11.4 Å². The van der Waals surface area contributed by atoms with Crippen molar-refractivity contribution in [1.29, 1.82) is 0 Å². The molecule has 0 aliphatic carbocycles. The Morgan fingerprint density at radius 2 is 2.33 bits per heavy atom. The summed E-state index contributed by atoms with van der Waals surface area (Å²) >= 11 is 6.71. The summed E-state index contributed by atoms with van der Waals surface area (Å²) in [5.74, 6) is 0. The fourth-order valence-corrected chi connectivity index (χ4v) is 1.84. The van der Waals surface area contributed by atoms with Crippen molar-refractivity contribution in [3.8, 4) is 0 Å². The second kappa shape index (κ2) is 4.91. The number of nitrogens with zero attached hydrogens (tertiary/aromatic N) is 1. The quantitative estimate of drug-likeness (QED) is 0.869. The van der Waals surface area contributed by atoms with E-state index in [9.17, 15) is 0 Å². The number of pyridine rings is 1. The van der Waals surface area contributed by atoms with Gasteiger partial charge in [0.1, 0.15) is 0 Å². The minimum Gasteiger partial charge on any atom is -0.305 e. The Balaban J connectivity index is 2.72. The molecule has 1 aromatic rings. The van der Waals surface area contributed by atoms with Gasteiger partial charge in [0.15, 0.2) is 0 Å². The molecule has 0 saturated carbocycles. The lowest BCUT2D eigenvalue weighted by molar-refractivity contribution is 0.0857. The Bertz CT molecular complexity index is 268. The minimum absolute atomic E-state index is 0.588. The number of rotatable bonds is 3. The minimum atomic E-state index is 0.588. The number of nitrogens with one attached hydrogen (secondary N) is 1. The van der Waals surface area contributed by atoms with E-state index in [4.69, 9.17) is 4.84 Å². The second-order valence-corrected chi connectivity index (χ2v) is 3.88. The molecule has 66 valence electrons. The van der Waals surface area contributed by atoms with E-state index in [1.54, 1.807) is 13.3 Å². The van der Waals surface area contributed by atoms with E-state index in [1.165, 1.54) is 0 Å². The van der Waals surface area contributed by atoms with Crippen LogP contribution in [0.3, 0.4) is 0 Å². The predicted molar refractivity (Wildman–Crippen MR) is 53.5 cm³/mol. The van der Waals surface area contributed by atoms with Crippen LogP contribution in [0.1, 0.15) is 5.69 Å². The Kier molecular flexibility index (Phi) is 4.14. The molecule has 1 N–H and O–H groups in total. The first-order chi connectivity index (χ1) is 5.74. The second-order valence-electron chi connectivity index (χ2n) is 2.11. The first kappa shape index (κ1) is 10.1. The molecule has 0 bridgehead atoms. The van der Waals surface area contributed by atoms with Crippen LogP contribution in [0.25, 0.3) is 0 Å². The van der Waals surface area contributed by atoms with E-state index in [-0.39, 0.29) is 0 Å². The largest absolute Gasteiger partial charge is 0.305 e. The maximum atomic E-state index is 4.71. The molecule has 0 saturated heterocycles. The van der Waals surface area contributed by atoms with Crippen molar-refractivity contribution in [3.05, 3.63) is 26.9 Å². The summed E-state index contributed by atoms with van der Waals surface area (Å²) in [6, 6.07) is 1.94. The normalized spacial score (nSPS) is 10.2. The van der Waals surface area contributed by atoms with Crippen molar-refractivity contribution in [1.82, 2.24) is 10.5 Å². The van der Waals surface area contributed by atoms with Crippen LogP contribution < -0.4 is 5.48 Å². The van der Waals surface area contributed by atoms with E-state index < -0.39 is 0 Å². The van der Waals surface area contributed by atoms with E-state index >= 15 is 0 Å². The molecule has 0 unspecified atom stereocenters. The van der Waals surface area contributed by atoms with Crippen LogP contribution in [-0.4, -0.2) is 12.1 Å². The van der Waals surface area contributed by atoms with Gasteiger partial charge >= 0.3 is 0 Å².